The van der Waals surface area contributed by atoms with Crippen LogP contribution in [0, 0.1) is 5.92 Å². The number of hydrogen-bond donors (Lipinski definition) is 2. The van der Waals surface area contributed by atoms with Crippen molar-refractivity contribution in [2.24, 2.45) is 5.92 Å². The number of benzene rings is 1. The standard InChI is InChI=1S/C19H24N4O2/c1-12(24)13-8-10-23(11-9-13)19(25)16-6-4-15(5-7-16)18-20-17(21-22-18)14-2-3-14/h4-7,12-14,24H,2-3,8-11H2,1H3,(H,20,21,22). The molecule has 1 atom stereocenters. The minimum atomic E-state index is -0.293. The van der Waals surface area contributed by atoms with Crippen LogP contribution in [0.4, 0.5) is 0 Å². The molecule has 0 bridgehead atoms. The van der Waals surface area contributed by atoms with E-state index >= 15 is 0 Å². The number of aromatic nitrogens is 3. The third-order valence-electron chi connectivity index (χ3n) is 5.37. The fraction of sp³-hybridized carbons (Fsp3) is 0.526. The highest BCUT2D eigenvalue weighted by atomic mass is 16.3. The summed E-state index contributed by atoms with van der Waals surface area (Å²) in [4.78, 5) is 19.1. The van der Waals surface area contributed by atoms with Crippen LogP contribution in [-0.2, 0) is 0 Å². The summed E-state index contributed by atoms with van der Waals surface area (Å²) in [7, 11) is 0. The first-order valence-electron chi connectivity index (χ1n) is 9.12. The summed E-state index contributed by atoms with van der Waals surface area (Å²) in [6.45, 7) is 3.25. The molecule has 1 aromatic carbocycles. The van der Waals surface area contributed by atoms with Crippen LogP contribution in [-0.4, -0.2) is 50.3 Å². The molecule has 4 rings (SSSR count). The molecule has 2 fully saturated rings. The van der Waals surface area contributed by atoms with Crippen LogP contribution in [0.2, 0.25) is 0 Å². The fourth-order valence-corrected chi connectivity index (χ4v) is 3.47. The van der Waals surface area contributed by atoms with Gasteiger partial charge in [-0.1, -0.05) is 12.1 Å². The van der Waals surface area contributed by atoms with Gasteiger partial charge in [0.15, 0.2) is 5.82 Å². The lowest BCUT2D eigenvalue weighted by molar-refractivity contribution is 0.0521. The lowest BCUT2D eigenvalue weighted by Crippen LogP contribution is -2.40. The molecule has 1 aromatic heterocycles. The smallest absolute Gasteiger partial charge is 0.253 e. The first-order chi connectivity index (χ1) is 12.1. The van der Waals surface area contributed by atoms with Crippen LogP contribution in [0.5, 0.6) is 0 Å². The molecule has 2 aromatic rings. The molecule has 132 valence electrons. The second-order valence-corrected chi connectivity index (χ2v) is 7.27. The number of nitrogens with one attached hydrogen (secondary N) is 1. The largest absolute Gasteiger partial charge is 0.393 e. The number of H-pyrrole nitrogens is 1. The first-order valence-corrected chi connectivity index (χ1v) is 9.12. The molecule has 1 amide bonds. The zero-order valence-corrected chi connectivity index (χ0v) is 14.5. The van der Waals surface area contributed by atoms with Gasteiger partial charge in [-0.2, -0.15) is 5.10 Å². The Morgan fingerprint density at radius 3 is 2.48 bits per heavy atom. The zero-order chi connectivity index (χ0) is 17.4. The summed E-state index contributed by atoms with van der Waals surface area (Å²) < 4.78 is 0. The van der Waals surface area contributed by atoms with Gasteiger partial charge in [0.25, 0.3) is 5.91 Å². The number of piperidine rings is 1. The van der Waals surface area contributed by atoms with Gasteiger partial charge in [-0.25, -0.2) is 4.98 Å². The quantitative estimate of drug-likeness (QED) is 0.896. The van der Waals surface area contributed by atoms with Crippen molar-refractivity contribution in [1.82, 2.24) is 20.1 Å². The SMILES string of the molecule is CC(O)C1CCN(C(=O)c2ccc(-c3n[nH]c(C4CC4)n3)cc2)CC1. The Kier molecular flexibility index (Phi) is 4.29. The van der Waals surface area contributed by atoms with Crippen molar-refractivity contribution < 1.29 is 9.90 Å². The summed E-state index contributed by atoms with van der Waals surface area (Å²) in [6, 6.07) is 7.53. The fourth-order valence-electron chi connectivity index (χ4n) is 3.47. The topological polar surface area (TPSA) is 82.1 Å². The van der Waals surface area contributed by atoms with Crippen molar-refractivity contribution in [1.29, 1.82) is 0 Å². The third kappa shape index (κ3) is 3.44. The van der Waals surface area contributed by atoms with Crippen molar-refractivity contribution >= 4 is 5.91 Å². The number of carbonyl (C=O) groups excluding carboxylic acids is 1. The number of aliphatic hydroxyl groups excluding tert-OH is 1. The molecule has 0 radical (unpaired) electrons. The van der Waals surface area contributed by atoms with Gasteiger partial charge in [-0.15, -0.1) is 0 Å². The Balaban J connectivity index is 1.42. The highest BCUT2D eigenvalue weighted by Crippen LogP contribution is 2.38. The van der Waals surface area contributed by atoms with Gasteiger partial charge in [-0.3, -0.25) is 9.89 Å². The highest BCUT2D eigenvalue weighted by Gasteiger charge is 2.28. The molecule has 6 heteroatoms. The van der Waals surface area contributed by atoms with Gasteiger partial charge in [0.2, 0.25) is 0 Å². The molecule has 2 aliphatic rings. The second-order valence-electron chi connectivity index (χ2n) is 7.27. The lowest BCUT2D eigenvalue weighted by atomic mass is 9.92. The lowest BCUT2D eigenvalue weighted by Gasteiger charge is -2.33. The van der Waals surface area contributed by atoms with Crippen molar-refractivity contribution in [3.05, 3.63) is 35.7 Å². The van der Waals surface area contributed by atoms with Gasteiger partial charge in [-0.05, 0) is 50.7 Å². The molecule has 1 aliphatic carbocycles. The minimum Gasteiger partial charge on any atom is -0.393 e. The Bertz CT molecular complexity index is 741. The summed E-state index contributed by atoms with van der Waals surface area (Å²) in [5.74, 6) is 2.57. The van der Waals surface area contributed by atoms with Gasteiger partial charge in [0, 0.05) is 30.1 Å². The number of amides is 1. The van der Waals surface area contributed by atoms with Crippen molar-refractivity contribution in [2.45, 2.75) is 44.6 Å². The average molecular weight is 340 g/mol. The Hall–Kier alpha value is -2.21. The van der Waals surface area contributed by atoms with Crippen LogP contribution in [0.1, 0.15) is 54.7 Å². The molecule has 0 spiro atoms. The van der Waals surface area contributed by atoms with E-state index in [-0.39, 0.29) is 12.0 Å². The van der Waals surface area contributed by atoms with E-state index in [2.05, 4.69) is 15.2 Å². The van der Waals surface area contributed by atoms with E-state index in [1.807, 2.05) is 36.1 Å². The summed E-state index contributed by atoms with van der Waals surface area (Å²) >= 11 is 0. The molecule has 1 saturated carbocycles. The monoisotopic (exact) mass is 340 g/mol. The van der Waals surface area contributed by atoms with Crippen LogP contribution >= 0.6 is 0 Å². The maximum Gasteiger partial charge on any atom is 0.253 e. The number of aromatic amines is 1. The molecule has 1 saturated heterocycles. The minimum absolute atomic E-state index is 0.0595. The maximum absolute atomic E-state index is 12.7. The number of rotatable bonds is 4. The molecular formula is C19H24N4O2. The number of likely N-dealkylation sites (tertiary alicyclic amines) is 1. The Morgan fingerprint density at radius 1 is 1.20 bits per heavy atom. The molecule has 2 heterocycles. The normalized spacial score (nSPS) is 19.8. The van der Waals surface area contributed by atoms with Crippen molar-refractivity contribution in [2.75, 3.05) is 13.1 Å². The average Bonchev–Trinajstić information content (AvgIpc) is 3.38. The van der Waals surface area contributed by atoms with Crippen molar-refractivity contribution in [3.63, 3.8) is 0 Å². The highest BCUT2D eigenvalue weighted by molar-refractivity contribution is 5.94. The Labute approximate surface area is 147 Å². The van der Waals surface area contributed by atoms with Crippen LogP contribution in [0.15, 0.2) is 24.3 Å². The second kappa shape index (κ2) is 6.59. The molecule has 25 heavy (non-hydrogen) atoms. The van der Waals surface area contributed by atoms with Crippen LogP contribution < -0.4 is 0 Å². The molecule has 2 N–H and O–H groups in total. The molecule has 1 unspecified atom stereocenters. The molecule has 6 nitrogen and oxygen atoms in total. The number of aliphatic hydroxyl groups is 1. The van der Waals surface area contributed by atoms with E-state index in [0.717, 1.165) is 24.2 Å². The van der Waals surface area contributed by atoms with E-state index in [4.69, 9.17) is 0 Å². The van der Waals surface area contributed by atoms with E-state index < -0.39 is 0 Å². The van der Waals surface area contributed by atoms with E-state index in [9.17, 15) is 9.90 Å². The summed E-state index contributed by atoms with van der Waals surface area (Å²) in [6.07, 6.45) is 3.81. The van der Waals surface area contributed by atoms with E-state index in [1.54, 1.807) is 0 Å². The molecular weight excluding hydrogens is 316 g/mol. The predicted octanol–water partition coefficient (Wildman–Crippen LogP) is 2.58. The number of nitrogens with zero attached hydrogens (tertiary/aromatic N) is 3. The van der Waals surface area contributed by atoms with Gasteiger partial charge in [0.05, 0.1) is 6.10 Å². The number of hydrogen-bond acceptors (Lipinski definition) is 4. The number of carbonyl (C=O) groups is 1. The van der Waals surface area contributed by atoms with E-state index in [0.29, 0.717) is 36.3 Å². The summed E-state index contributed by atoms with van der Waals surface area (Å²) in [5.41, 5.74) is 1.62. The van der Waals surface area contributed by atoms with Crippen molar-refractivity contribution in [3.8, 4) is 11.4 Å². The molecule has 1 aliphatic heterocycles. The van der Waals surface area contributed by atoms with Gasteiger partial charge >= 0.3 is 0 Å². The van der Waals surface area contributed by atoms with Crippen LogP contribution in [0.25, 0.3) is 11.4 Å². The zero-order valence-electron chi connectivity index (χ0n) is 14.5. The maximum atomic E-state index is 12.7. The van der Waals surface area contributed by atoms with E-state index in [1.165, 1.54) is 12.8 Å². The predicted molar refractivity (Wildman–Crippen MR) is 94.1 cm³/mol. The summed E-state index contributed by atoms with van der Waals surface area (Å²) in [5, 5.41) is 17.0. The first kappa shape index (κ1) is 16.3. The van der Waals surface area contributed by atoms with Crippen LogP contribution in [0.3, 0.4) is 0 Å². The van der Waals surface area contributed by atoms with Gasteiger partial charge < -0.3 is 10.0 Å². The third-order valence-corrected chi connectivity index (χ3v) is 5.37. The Morgan fingerprint density at radius 2 is 1.88 bits per heavy atom. The van der Waals surface area contributed by atoms with Gasteiger partial charge in [0.1, 0.15) is 5.82 Å².